The molecule has 3 aromatic heterocycles. The van der Waals surface area contributed by atoms with Crippen molar-refractivity contribution in [2.75, 3.05) is 5.32 Å². The number of pyridine rings is 1. The summed E-state index contributed by atoms with van der Waals surface area (Å²) in [6, 6.07) is 30.0. The molecule has 0 saturated heterocycles. The van der Waals surface area contributed by atoms with Gasteiger partial charge in [-0.05, 0) is 29.8 Å². The fourth-order valence-corrected chi connectivity index (χ4v) is 5.44. The van der Waals surface area contributed by atoms with Crippen LogP contribution in [0.1, 0.15) is 20.9 Å². The van der Waals surface area contributed by atoms with E-state index >= 15 is 0 Å². The SMILES string of the molecule is O=C1C(Cc2ccc(-c3ccccn3)s2)Nc2c(Cc3ccccc3)nc(-c3ccccc3)c[n+]21. The second kappa shape index (κ2) is 9.24. The Morgan fingerprint density at radius 1 is 0.857 bits per heavy atom. The molecule has 0 radical (unpaired) electrons. The maximum Gasteiger partial charge on any atom is 0.359 e. The van der Waals surface area contributed by atoms with Crippen LogP contribution < -0.4 is 9.88 Å². The highest BCUT2D eigenvalue weighted by Crippen LogP contribution is 2.29. The van der Waals surface area contributed by atoms with E-state index in [0.29, 0.717) is 12.8 Å². The van der Waals surface area contributed by atoms with Crippen LogP contribution in [-0.4, -0.2) is 21.9 Å². The summed E-state index contributed by atoms with van der Waals surface area (Å²) in [5.74, 6) is 0.826. The van der Waals surface area contributed by atoms with E-state index < -0.39 is 0 Å². The quantitative estimate of drug-likeness (QED) is 0.333. The lowest BCUT2D eigenvalue weighted by molar-refractivity contribution is -0.552. The van der Waals surface area contributed by atoms with Crippen LogP contribution in [0.25, 0.3) is 21.8 Å². The molecule has 0 amide bonds. The Morgan fingerprint density at radius 3 is 2.40 bits per heavy atom. The van der Waals surface area contributed by atoms with Crippen LogP contribution in [0.2, 0.25) is 0 Å². The molecule has 0 spiro atoms. The van der Waals surface area contributed by atoms with Crippen molar-refractivity contribution in [3.05, 3.63) is 120 Å². The first-order valence-corrected chi connectivity index (χ1v) is 12.4. The molecule has 0 bridgehead atoms. The molecule has 35 heavy (non-hydrogen) atoms. The van der Waals surface area contributed by atoms with E-state index in [9.17, 15) is 4.79 Å². The van der Waals surface area contributed by atoms with E-state index in [2.05, 4.69) is 34.6 Å². The summed E-state index contributed by atoms with van der Waals surface area (Å²) in [6.45, 7) is 0. The summed E-state index contributed by atoms with van der Waals surface area (Å²) >= 11 is 1.68. The number of anilines is 1. The first-order chi connectivity index (χ1) is 17.2. The van der Waals surface area contributed by atoms with Gasteiger partial charge in [0.15, 0.2) is 6.04 Å². The third-order valence-corrected chi connectivity index (χ3v) is 7.27. The molecular formula is C29H23N4OS+. The number of carbonyl (C=O) groups is 1. The third kappa shape index (κ3) is 4.36. The Bertz CT molecular complexity index is 1480. The number of rotatable bonds is 6. The predicted octanol–water partition coefficient (Wildman–Crippen LogP) is 5.43. The third-order valence-electron chi connectivity index (χ3n) is 6.14. The van der Waals surface area contributed by atoms with E-state index in [4.69, 9.17) is 4.98 Å². The van der Waals surface area contributed by atoms with Crippen molar-refractivity contribution >= 4 is 23.1 Å². The van der Waals surface area contributed by atoms with Gasteiger partial charge in [-0.25, -0.2) is 9.78 Å². The zero-order chi connectivity index (χ0) is 23.6. The van der Waals surface area contributed by atoms with E-state index in [1.165, 1.54) is 0 Å². The first kappa shape index (κ1) is 21.4. The van der Waals surface area contributed by atoms with Crippen LogP contribution in [0, 0.1) is 0 Å². The van der Waals surface area contributed by atoms with Crippen molar-refractivity contribution in [2.24, 2.45) is 0 Å². The molecule has 6 rings (SSSR count). The second-order valence-corrected chi connectivity index (χ2v) is 9.71. The lowest BCUT2D eigenvalue weighted by atomic mass is 10.1. The van der Waals surface area contributed by atoms with Crippen molar-refractivity contribution in [1.82, 2.24) is 9.97 Å². The van der Waals surface area contributed by atoms with Gasteiger partial charge in [0.1, 0.15) is 17.6 Å². The number of aromatic nitrogens is 3. The molecule has 2 aromatic carbocycles. The minimum absolute atomic E-state index is 0.0432. The molecule has 170 valence electrons. The minimum atomic E-state index is -0.340. The molecule has 1 aliphatic heterocycles. The van der Waals surface area contributed by atoms with Crippen molar-refractivity contribution in [3.8, 4) is 21.8 Å². The van der Waals surface area contributed by atoms with Gasteiger partial charge in [-0.1, -0.05) is 66.7 Å². The van der Waals surface area contributed by atoms with Gasteiger partial charge in [-0.3, -0.25) is 10.3 Å². The monoisotopic (exact) mass is 475 g/mol. The molecule has 5 aromatic rings. The van der Waals surface area contributed by atoms with Crippen molar-refractivity contribution in [1.29, 1.82) is 0 Å². The summed E-state index contributed by atoms with van der Waals surface area (Å²) in [4.78, 5) is 25.2. The molecule has 6 heteroatoms. The average Bonchev–Trinajstić information content (AvgIpc) is 3.51. The highest BCUT2D eigenvalue weighted by Gasteiger charge is 2.41. The molecule has 1 atom stereocenters. The Labute approximate surface area is 207 Å². The van der Waals surface area contributed by atoms with E-state index in [0.717, 1.165) is 43.8 Å². The van der Waals surface area contributed by atoms with Gasteiger partial charge in [0, 0.05) is 29.5 Å². The number of carbonyl (C=O) groups excluding carboxylic acids is 1. The summed E-state index contributed by atoms with van der Waals surface area (Å²) < 4.78 is 1.76. The zero-order valence-electron chi connectivity index (χ0n) is 19.0. The lowest BCUT2D eigenvalue weighted by Gasteiger charge is -2.07. The molecule has 4 heterocycles. The number of hydrogen-bond acceptors (Lipinski definition) is 5. The number of fused-ring (bicyclic) bond motifs is 1. The molecular weight excluding hydrogens is 452 g/mol. The molecule has 0 fully saturated rings. The van der Waals surface area contributed by atoms with Crippen molar-refractivity contribution in [2.45, 2.75) is 18.9 Å². The fourth-order valence-electron chi connectivity index (χ4n) is 4.41. The van der Waals surface area contributed by atoms with Crippen LogP contribution in [-0.2, 0) is 12.8 Å². The van der Waals surface area contributed by atoms with Crippen LogP contribution in [0.15, 0.2) is 103 Å². The maximum absolute atomic E-state index is 13.5. The van der Waals surface area contributed by atoms with E-state index in [1.54, 1.807) is 22.1 Å². The molecule has 5 nitrogen and oxygen atoms in total. The van der Waals surface area contributed by atoms with Gasteiger partial charge >= 0.3 is 11.7 Å². The highest BCUT2D eigenvalue weighted by atomic mass is 32.1. The van der Waals surface area contributed by atoms with Gasteiger partial charge in [-0.2, -0.15) is 4.57 Å². The van der Waals surface area contributed by atoms with Gasteiger partial charge in [-0.15, -0.1) is 11.3 Å². The smallest absolute Gasteiger partial charge is 0.258 e. The molecule has 0 aliphatic carbocycles. The summed E-state index contributed by atoms with van der Waals surface area (Å²) in [6.07, 6.45) is 4.92. The number of nitrogens with one attached hydrogen (secondary N) is 1. The summed E-state index contributed by atoms with van der Waals surface area (Å²) in [7, 11) is 0. The first-order valence-electron chi connectivity index (χ1n) is 11.6. The summed E-state index contributed by atoms with van der Waals surface area (Å²) in [5.41, 5.74) is 4.77. The molecule has 1 N–H and O–H groups in total. The van der Waals surface area contributed by atoms with Crippen LogP contribution in [0.4, 0.5) is 5.82 Å². The average molecular weight is 476 g/mol. The van der Waals surface area contributed by atoms with E-state index in [-0.39, 0.29) is 11.9 Å². The summed E-state index contributed by atoms with van der Waals surface area (Å²) in [5, 5.41) is 3.49. The Balaban J connectivity index is 1.33. The zero-order valence-corrected chi connectivity index (χ0v) is 19.8. The van der Waals surface area contributed by atoms with Crippen LogP contribution in [0.3, 0.4) is 0 Å². The largest absolute Gasteiger partial charge is 0.359 e. The minimum Gasteiger partial charge on any atom is -0.258 e. The van der Waals surface area contributed by atoms with Gasteiger partial charge in [0.25, 0.3) is 0 Å². The second-order valence-electron chi connectivity index (χ2n) is 8.54. The Morgan fingerprint density at radius 2 is 1.63 bits per heavy atom. The fraction of sp³-hybridized carbons (Fsp3) is 0.103. The van der Waals surface area contributed by atoms with Gasteiger partial charge in [0.05, 0.1) is 10.6 Å². The normalized spacial score (nSPS) is 14.5. The number of thiophene rings is 1. The standard InChI is InChI=1S/C29H22N4OS/c34-29-25(18-22-14-15-27(35-22)23-13-7-8-16-30-23)32-28-24(17-20-9-3-1-4-10-20)31-26(19-33(28)29)21-11-5-2-6-12-21/h1-16,19,25H,17-18H2/p+1. The van der Waals surface area contributed by atoms with Gasteiger partial charge < -0.3 is 0 Å². The number of nitrogens with zero attached hydrogens (tertiary/aromatic N) is 3. The van der Waals surface area contributed by atoms with Crippen LogP contribution >= 0.6 is 11.3 Å². The lowest BCUT2D eigenvalue weighted by Crippen LogP contribution is -2.44. The number of hydrogen-bond donors (Lipinski definition) is 1. The maximum atomic E-state index is 13.5. The Hall–Kier alpha value is -4.16. The Kier molecular flexibility index (Phi) is 5.64. The van der Waals surface area contributed by atoms with Crippen LogP contribution in [0.5, 0.6) is 0 Å². The van der Waals surface area contributed by atoms with Crippen molar-refractivity contribution in [3.63, 3.8) is 0 Å². The van der Waals surface area contributed by atoms with Gasteiger partial charge in [0.2, 0.25) is 0 Å². The molecule has 0 saturated carbocycles. The topological polar surface area (TPSA) is 58.8 Å². The highest BCUT2D eigenvalue weighted by molar-refractivity contribution is 7.15. The van der Waals surface area contributed by atoms with Crippen molar-refractivity contribution < 1.29 is 9.36 Å². The molecule has 1 unspecified atom stereocenters. The van der Waals surface area contributed by atoms with E-state index in [1.807, 2.05) is 72.9 Å². The molecule has 1 aliphatic rings. The predicted molar refractivity (Wildman–Crippen MR) is 138 cm³/mol. The number of benzene rings is 2.